The number of hydrogen-bond donors (Lipinski definition) is 0. The minimum Gasteiger partial charge on any atom is -0.376 e. The number of amides is 1. The number of hydrogen-bond acceptors (Lipinski definition) is 4. The van der Waals surface area contributed by atoms with Crippen molar-refractivity contribution in [3.63, 3.8) is 0 Å². The topological polar surface area (TPSA) is 55.3 Å². The van der Waals surface area contributed by atoms with Crippen LogP contribution in [0.5, 0.6) is 0 Å². The van der Waals surface area contributed by atoms with E-state index < -0.39 is 0 Å². The van der Waals surface area contributed by atoms with E-state index in [9.17, 15) is 4.79 Å². The highest BCUT2D eigenvalue weighted by Crippen LogP contribution is 2.39. The van der Waals surface area contributed by atoms with E-state index in [0.29, 0.717) is 26.2 Å². The van der Waals surface area contributed by atoms with E-state index in [1.165, 1.54) is 0 Å². The van der Waals surface area contributed by atoms with Crippen molar-refractivity contribution in [2.45, 2.75) is 24.9 Å². The molecule has 3 aromatic rings. The molecule has 29 heavy (non-hydrogen) atoms. The Morgan fingerprint density at radius 1 is 1.07 bits per heavy atom. The van der Waals surface area contributed by atoms with Gasteiger partial charge in [0.15, 0.2) is 5.82 Å². The molecule has 0 aliphatic carbocycles. The fourth-order valence-corrected chi connectivity index (χ4v) is 4.40. The molecule has 0 radical (unpaired) electrons. The van der Waals surface area contributed by atoms with Gasteiger partial charge in [0.1, 0.15) is 0 Å². The highest BCUT2D eigenvalue weighted by Gasteiger charge is 2.46. The molecule has 1 fully saturated rings. The van der Waals surface area contributed by atoms with Crippen LogP contribution in [-0.2, 0) is 28.0 Å². The molecular formula is C24H23N3O2. The number of benzene rings is 2. The molecule has 0 bridgehead atoms. The number of carbonyl (C=O) groups is 1. The van der Waals surface area contributed by atoms with Crippen LogP contribution in [0.2, 0.25) is 0 Å². The van der Waals surface area contributed by atoms with E-state index >= 15 is 0 Å². The van der Waals surface area contributed by atoms with Gasteiger partial charge in [-0.1, -0.05) is 60.7 Å². The van der Waals surface area contributed by atoms with Crippen LogP contribution in [0.4, 0.5) is 0 Å². The third kappa shape index (κ3) is 3.42. The summed E-state index contributed by atoms with van der Waals surface area (Å²) >= 11 is 0. The van der Waals surface area contributed by atoms with E-state index in [4.69, 9.17) is 9.72 Å². The Balaban J connectivity index is 1.42. The quantitative estimate of drug-likeness (QED) is 0.694. The zero-order chi connectivity index (χ0) is 19.7. The fraction of sp³-hybridized carbons (Fsp3) is 0.292. The summed E-state index contributed by atoms with van der Waals surface area (Å²) in [6, 6.07) is 20.0. The van der Waals surface area contributed by atoms with Crippen molar-refractivity contribution in [3.8, 4) is 11.4 Å². The van der Waals surface area contributed by atoms with Gasteiger partial charge >= 0.3 is 0 Å². The van der Waals surface area contributed by atoms with Crippen molar-refractivity contribution < 1.29 is 9.53 Å². The average Bonchev–Trinajstić information content (AvgIpc) is 3.20. The third-order valence-electron chi connectivity index (χ3n) is 5.94. The van der Waals surface area contributed by atoms with Crippen LogP contribution in [0.1, 0.15) is 23.2 Å². The van der Waals surface area contributed by atoms with Gasteiger partial charge in [0.05, 0.1) is 30.7 Å². The first-order valence-electron chi connectivity index (χ1n) is 10.0. The summed E-state index contributed by atoms with van der Waals surface area (Å²) in [7, 11) is 0. The van der Waals surface area contributed by atoms with Crippen LogP contribution in [-0.4, -0.2) is 40.5 Å². The average molecular weight is 385 g/mol. The minimum absolute atomic E-state index is 0.164. The number of rotatable bonds is 3. The van der Waals surface area contributed by atoms with E-state index in [1.54, 1.807) is 0 Å². The summed E-state index contributed by atoms with van der Waals surface area (Å²) in [6.07, 6.45) is 3.19. The Kier molecular flexibility index (Phi) is 4.60. The number of carbonyl (C=O) groups excluding carboxylic acids is 1. The van der Waals surface area contributed by atoms with Crippen molar-refractivity contribution in [3.05, 3.63) is 83.7 Å². The van der Waals surface area contributed by atoms with Gasteiger partial charge < -0.3 is 9.64 Å². The zero-order valence-electron chi connectivity index (χ0n) is 16.3. The van der Waals surface area contributed by atoms with Crippen molar-refractivity contribution in [2.24, 2.45) is 0 Å². The highest BCUT2D eigenvalue weighted by atomic mass is 16.5. The van der Waals surface area contributed by atoms with Crippen LogP contribution < -0.4 is 0 Å². The van der Waals surface area contributed by atoms with Gasteiger partial charge in [0.25, 0.3) is 0 Å². The summed E-state index contributed by atoms with van der Waals surface area (Å²) in [6.45, 7) is 2.51. The lowest BCUT2D eigenvalue weighted by Gasteiger charge is -2.34. The molecule has 2 aromatic carbocycles. The molecule has 0 saturated carbocycles. The predicted octanol–water partition coefficient (Wildman–Crippen LogP) is 3.39. The van der Waals surface area contributed by atoms with Crippen molar-refractivity contribution in [2.75, 3.05) is 19.7 Å². The molecule has 2 aliphatic rings. The van der Waals surface area contributed by atoms with E-state index in [-0.39, 0.29) is 11.3 Å². The summed E-state index contributed by atoms with van der Waals surface area (Å²) in [5, 5.41) is 0. The lowest BCUT2D eigenvalue weighted by molar-refractivity contribution is -0.129. The summed E-state index contributed by atoms with van der Waals surface area (Å²) in [4.78, 5) is 24.4. The monoisotopic (exact) mass is 385 g/mol. The van der Waals surface area contributed by atoms with Crippen LogP contribution >= 0.6 is 0 Å². The van der Waals surface area contributed by atoms with E-state index in [0.717, 1.165) is 41.2 Å². The molecule has 2 aliphatic heterocycles. The molecule has 5 nitrogen and oxygen atoms in total. The second-order valence-electron chi connectivity index (χ2n) is 7.93. The second-order valence-corrected chi connectivity index (χ2v) is 7.93. The maximum absolute atomic E-state index is 12.9. The van der Waals surface area contributed by atoms with Crippen molar-refractivity contribution in [1.29, 1.82) is 0 Å². The first-order chi connectivity index (χ1) is 14.2. The molecule has 0 N–H and O–H groups in total. The molecular weight excluding hydrogens is 362 g/mol. The van der Waals surface area contributed by atoms with Gasteiger partial charge in [-0.15, -0.1) is 0 Å². The van der Waals surface area contributed by atoms with Crippen LogP contribution in [0, 0.1) is 0 Å². The van der Waals surface area contributed by atoms with Gasteiger partial charge in [-0.3, -0.25) is 4.79 Å². The first-order valence-corrected chi connectivity index (χ1v) is 10.0. The van der Waals surface area contributed by atoms with Gasteiger partial charge in [0.2, 0.25) is 5.91 Å². The van der Waals surface area contributed by atoms with Gasteiger partial charge in [-0.05, 0) is 12.0 Å². The molecule has 146 valence electrons. The lowest BCUT2D eigenvalue weighted by Crippen LogP contribution is -2.42. The SMILES string of the molecule is O=C(Cc1ccccc1)N1CC[C@@]2(COCc3cnc(-c4ccccc4)nc32)C1. The molecule has 1 aromatic heterocycles. The third-order valence-corrected chi connectivity index (χ3v) is 5.94. The Morgan fingerprint density at radius 3 is 2.62 bits per heavy atom. The van der Waals surface area contributed by atoms with Gasteiger partial charge in [-0.2, -0.15) is 0 Å². The lowest BCUT2D eigenvalue weighted by atomic mass is 9.80. The Morgan fingerprint density at radius 2 is 1.83 bits per heavy atom. The van der Waals surface area contributed by atoms with Gasteiger partial charge in [-0.25, -0.2) is 9.97 Å². The second kappa shape index (κ2) is 7.41. The van der Waals surface area contributed by atoms with Crippen LogP contribution in [0.15, 0.2) is 66.9 Å². The van der Waals surface area contributed by atoms with Crippen molar-refractivity contribution >= 4 is 5.91 Å². The molecule has 1 spiro atoms. The van der Waals surface area contributed by atoms with E-state index in [1.807, 2.05) is 71.8 Å². The minimum atomic E-state index is -0.244. The molecule has 1 amide bonds. The number of fused-ring (bicyclic) bond motifs is 2. The Hall–Kier alpha value is -3.05. The number of aromatic nitrogens is 2. The maximum Gasteiger partial charge on any atom is 0.227 e. The summed E-state index contributed by atoms with van der Waals surface area (Å²) in [5.74, 6) is 0.900. The largest absolute Gasteiger partial charge is 0.376 e. The summed E-state index contributed by atoms with van der Waals surface area (Å²) < 4.78 is 5.91. The number of likely N-dealkylation sites (tertiary alicyclic amines) is 1. The number of nitrogens with zero attached hydrogens (tertiary/aromatic N) is 3. The summed E-state index contributed by atoms with van der Waals surface area (Å²) in [5.41, 5.74) is 3.90. The molecule has 0 unspecified atom stereocenters. The molecule has 5 heteroatoms. The Bertz CT molecular complexity index is 1020. The van der Waals surface area contributed by atoms with Crippen LogP contribution in [0.3, 0.4) is 0 Å². The standard InChI is InChI=1S/C24H23N3O2/c28-21(13-18-7-3-1-4-8-18)27-12-11-24(16-27)17-29-15-20-14-25-23(26-22(20)24)19-9-5-2-6-10-19/h1-10,14H,11-13,15-17H2/t24-/m0/s1. The fourth-order valence-electron chi connectivity index (χ4n) is 4.40. The molecule has 5 rings (SSSR count). The maximum atomic E-state index is 12.9. The normalized spacial score (nSPS) is 20.6. The number of ether oxygens (including phenoxy) is 1. The molecule has 3 heterocycles. The van der Waals surface area contributed by atoms with Crippen molar-refractivity contribution in [1.82, 2.24) is 14.9 Å². The molecule has 1 atom stereocenters. The first kappa shape index (κ1) is 18.0. The molecule has 1 saturated heterocycles. The van der Waals surface area contributed by atoms with E-state index in [2.05, 4.69) is 4.98 Å². The smallest absolute Gasteiger partial charge is 0.227 e. The highest BCUT2D eigenvalue weighted by molar-refractivity contribution is 5.79. The van der Waals surface area contributed by atoms with Crippen LogP contribution in [0.25, 0.3) is 11.4 Å². The predicted molar refractivity (Wildman–Crippen MR) is 110 cm³/mol. The zero-order valence-corrected chi connectivity index (χ0v) is 16.3. The van der Waals surface area contributed by atoms with Gasteiger partial charge in [0, 0.05) is 30.4 Å². The Labute approximate surface area is 170 Å².